The average molecular weight is 378 g/mol. The molecular weight excluding hydrogens is 365 g/mol. The third-order valence-electron chi connectivity index (χ3n) is 3.52. The first-order valence-electron chi connectivity index (χ1n) is 7.54. The molecule has 1 aliphatic heterocycles. The van der Waals surface area contributed by atoms with Gasteiger partial charge in [-0.25, -0.2) is 0 Å². The summed E-state index contributed by atoms with van der Waals surface area (Å²) in [5.74, 6) is -0.258. The molecule has 0 saturated heterocycles. The van der Waals surface area contributed by atoms with Crippen LogP contribution in [0.15, 0.2) is 53.4 Å². The van der Waals surface area contributed by atoms with Gasteiger partial charge in [-0.1, -0.05) is 12.1 Å². The molecule has 0 bridgehead atoms. The number of hydrogen-bond donors (Lipinski definition) is 2. The molecule has 2 aromatic rings. The summed E-state index contributed by atoms with van der Waals surface area (Å²) in [5, 5.41) is 5.33. The van der Waals surface area contributed by atoms with Crippen molar-refractivity contribution >= 4 is 41.0 Å². The first-order valence-corrected chi connectivity index (χ1v) is 8.53. The van der Waals surface area contributed by atoms with Crippen LogP contribution in [0.1, 0.15) is 11.1 Å². The molecule has 1 heterocycles. The maximum atomic E-state index is 12.7. The van der Waals surface area contributed by atoms with Gasteiger partial charge in [-0.2, -0.15) is 13.2 Å². The quantitative estimate of drug-likeness (QED) is 0.779. The highest BCUT2D eigenvalue weighted by Crippen LogP contribution is 2.33. The van der Waals surface area contributed by atoms with Crippen LogP contribution in [0.4, 0.5) is 24.5 Å². The zero-order valence-electron chi connectivity index (χ0n) is 13.3. The number of anilines is 2. The van der Waals surface area contributed by atoms with Gasteiger partial charge in [-0.3, -0.25) is 9.59 Å². The Morgan fingerprint density at radius 1 is 1.19 bits per heavy atom. The second-order valence-corrected chi connectivity index (χ2v) is 6.51. The molecule has 4 nitrogen and oxygen atoms in total. The van der Waals surface area contributed by atoms with Crippen LogP contribution in [0.25, 0.3) is 6.08 Å². The highest BCUT2D eigenvalue weighted by atomic mass is 32.2. The summed E-state index contributed by atoms with van der Waals surface area (Å²) in [6, 6.07) is 9.81. The predicted molar refractivity (Wildman–Crippen MR) is 94.9 cm³/mol. The van der Waals surface area contributed by atoms with Crippen LogP contribution in [0.2, 0.25) is 0 Å². The number of thioether (sulfide) groups is 1. The molecule has 0 aliphatic carbocycles. The largest absolute Gasteiger partial charge is 0.416 e. The van der Waals surface area contributed by atoms with Crippen LogP contribution in [0, 0.1) is 0 Å². The summed E-state index contributed by atoms with van der Waals surface area (Å²) in [7, 11) is 0. The smallest absolute Gasteiger partial charge is 0.324 e. The molecule has 0 fully saturated rings. The van der Waals surface area contributed by atoms with Gasteiger partial charge in [0.05, 0.1) is 17.0 Å². The lowest BCUT2D eigenvalue weighted by Gasteiger charge is -2.17. The Morgan fingerprint density at radius 3 is 2.77 bits per heavy atom. The van der Waals surface area contributed by atoms with Gasteiger partial charge in [0.15, 0.2) is 0 Å². The van der Waals surface area contributed by atoms with Gasteiger partial charge < -0.3 is 10.6 Å². The molecule has 0 radical (unpaired) electrons. The zero-order valence-corrected chi connectivity index (χ0v) is 14.1. The van der Waals surface area contributed by atoms with Crippen LogP contribution in [-0.4, -0.2) is 17.6 Å². The molecule has 26 heavy (non-hydrogen) atoms. The Bertz CT molecular complexity index is 894. The first-order chi connectivity index (χ1) is 12.3. The molecule has 2 aromatic carbocycles. The average Bonchev–Trinajstić information content (AvgIpc) is 2.59. The molecule has 1 aliphatic rings. The van der Waals surface area contributed by atoms with Crippen molar-refractivity contribution in [2.45, 2.75) is 11.1 Å². The van der Waals surface area contributed by atoms with E-state index < -0.39 is 17.6 Å². The number of nitrogens with one attached hydrogen (secondary N) is 2. The van der Waals surface area contributed by atoms with Gasteiger partial charge in [-0.15, -0.1) is 11.8 Å². The molecule has 2 amide bonds. The molecule has 0 spiro atoms. The minimum absolute atomic E-state index is 0.115. The Labute approximate surface area is 151 Å². The highest BCUT2D eigenvalue weighted by molar-refractivity contribution is 8.00. The number of fused-ring (bicyclic) bond motifs is 1. The lowest BCUT2D eigenvalue weighted by Crippen LogP contribution is -2.19. The van der Waals surface area contributed by atoms with E-state index >= 15 is 0 Å². The van der Waals surface area contributed by atoms with Gasteiger partial charge in [0, 0.05) is 16.7 Å². The van der Waals surface area contributed by atoms with E-state index in [1.807, 2.05) is 0 Å². The molecule has 134 valence electrons. The standard InChI is InChI=1S/C18H13F3N2O2S/c19-18(20,21)12-3-1-2-11(8-12)4-7-16(24)22-13-5-6-15-14(9-13)23-17(25)10-26-15/h1-9H,10H2,(H,22,24)(H,23,25)/b7-4+. The summed E-state index contributed by atoms with van der Waals surface area (Å²) in [6.45, 7) is 0. The van der Waals surface area contributed by atoms with Crippen molar-refractivity contribution in [3.05, 3.63) is 59.7 Å². The van der Waals surface area contributed by atoms with Crippen molar-refractivity contribution < 1.29 is 22.8 Å². The fourth-order valence-corrected chi connectivity index (χ4v) is 3.12. The van der Waals surface area contributed by atoms with Gasteiger partial charge in [0.1, 0.15) is 0 Å². The molecular formula is C18H13F3N2O2S. The molecule has 3 rings (SSSR count). The first kappa shape index (κ1) is 18.1. The number of carbonyl (C=O) groups excluding carboxylic acids is 2. The van der Waals surface area contributed by atoms with E-state index in [4.69, 9.17) is 0 Å². The molecule has 2 N–H and O–H groups in total. The Kier molecular flexibility index (Phi) is 5.03. The predicted octanol–water partition coefficient (Wildman–Crippen LogP) is 4.40. The van der Waals surface area contributed by atoms with E-state index in [0.29, 0.717) is 17.1 Å². The number of hydrogen-bond acceptors (Lipinski definition) is 3. The molecule has 0 atom stereocenters. The summed E-state index contributed by atoms with van der Waals surface area (Å²) >= 11 is 1.40. The van der Waals surface area contributed by atoms with Crippen molar-refractivity contribution in [3.8, 4) is 0 Å². The third kappa shape index (κ3) is 4.45. The number of halogens is 3. The minimum Gasteiger partial charge on any atom is -0.324 e. The van der Waals surface area contributed by atoms with E-state index in [9.17, 15) is 22.8 Å². The van der Waals surface area contributed by atoms with Crippen LogP contribution in [-0.2, 0) is 15.8 Å². The minimum atomic E-state index is -4.43. The maximum absolute atomic E-state index is 12.7. The summed E-state index contributed by atoms with van der Waals surface area (Å²) in [6.07, 6.45) is -1.97. The fraction of sp³-hybridized carbons (Fsp3) is 0.111. The third-order valence-corrected chi connectivity index (χ3v) is 4.59. The lowest BCUT2D eigenvalue weighted by molar-refractivity contribution is -0.137. The van der Waals surface area contributed by atoms with Crippen molar-refractivity contribution in [3.63, 3.8) is 0 Å². The van der Waals surface area contributed by atoms with Crippen molar-refractivity contribution in [2.24, 2.45) is 0 Å². The van der Waals surface area contributed by atoms with E-state index in [2.05, 4.69) is 10.6 Å². The number of amides is 2. The topological polar surface area (TPSA) is 58.2 Å². The van der Waals surface area contributed by atoms with Crippen LogP contribution in [0.3, 0.4) is 0 Å². The lowest BCUT2D eigenvalue weighted by atomic mass is 10.1. The molecule has 8 heteroatoms. The van der Waals surface area contributed by atoms with E-state index in [1.165, 1.54) is 30.0 Å². The van der Waals surface area contributed by atoms with E-state index in [0.717, 1.165) is 23.1 Å². The second kappa shape index (κ2) is 7.25. The normalized spacial score (nSPS) is 14.0. The van der Waals surface area contributed by atoms with Gasteiger partial charge in [0.25, 0.3) is 0 Å². The summed E-state index contributed by atoms with van der Waals surface area (Å²) < 4.78 is 38.1. The van der Waals surface area contributed by atoms with Crippen LogP contribution < -0.4 is 10.6 Å². The van der Waals surface area contributed by atoms with Gasteiger partial charge in [-0.05, 0) is 42.0 Å². The second-order valence-electron chi connectivity index (χ2n) is 5.49. The number of alkyl halides is 3. The molecule has 0 saturated carbocycles. The van der Waals surface area contributed by atoms with Gasteiger partial charge >= 0.3 is 6.18 Å². The number of carbonyl (C=O) groups is 2. The zero-order chi connectivity index (χ0) is 18.7. The Hall–Kier alpha value is -2.74. The Balaban J connectivity index is 1.69. The van der Waals surface area contributed by atoms with E-state index in [-0.39, 0.29) is 11.5 Å². The Morgan fingerprint density at radius 2 is 2.00 bits per heavy atom. The number of rotatable bonds is 3. The van der Waals surface area contributed by atoms with Crippen molar-refractivity contribution in [1.29, 1.82) is 0 Å². The summed E-state index contributed by atoms with van der Waals surface area (Å²) in [4.78, 5) is 24.3. The monoisotopic (exact) mass is 378 g/mol. The molecule has 0 aromatic heterocycles. The van der Waals surface area contributed by atoms with Crippen molar-refractivity contribution in [2.75, 3.05) is 16.4 Å². The SMILES string of the molecule is O=C(/C=C/c1cccc(C(F)(F)F)c1)Nc1ccc2c(c1)NC(=O)CS2. The number of benzene rings is 2. The van der Waals surface area contributed by atoms with Gasteiger partial charge in [0.2, 0.25) is 11.8 Å². The van der Waals surface area contributed by atoms with Crippen LogP contribution >= 0.6 is 11.8 Å². The molecule has 0 unspecified atom stereocenters. The van der Waals surface area contributed by atoms with Crippen LogP contribution in [0.5, 0.6) is 0 Å². The summed E-state index contributed by atoms with van der Waals surface area (Å²) in [5.41, 5.74) is 0.586. The fourth-order valence-electron chi connectivity index (χ4n) is 2.34. The van der Waals surface area contributed by atoms with E-state index in [1.54, 1.807) is 18.2 Å². The maximum Gasteiger partial charge on any atom is 0.416 e. The highest BCUT2D eigenvalue weighted by Gasteiger charge is 2.30. The van der Waals surface area contributed by atoms with Crippen molar-refractivity contribution in [1.82, 2.24) is 0 Å².